The van der Waals surface area contributed by atoms with Crippen molar-refractivity contribution in [2.75, 3.05) is 19.6 Å². The molecule has 1 N–H and O–H groups in total. The Morgan fingerprint density at radius 3 is 2.53 bits per heavy atom. The van der Waals surface area contributed by atoms with E-state index < -0.39 is 10.2 Å². The molecule has 0 saturated carbocycles. The van der Waals surface area contributed by atoms with Crippen LogP contribution >= 0.6 is 0 Å². The van der Waals surface area contributed by atoms with E-state index in [-0.39, 0.29) is 12.5 Å². The van der Waals surface area contributed by atoms with Gasteiger partial charge in [-0.15, -0.1) is 0 Å². The molecule has 0 bridgehead atoms. The van der Waals surface area contributed by atoms with Gasteiger partial charge in [0.25, 0.3) is 10.2 Å². The fraction of sp³-hybridized carbons (Fsp3) is 0.889. The van der Waals surface area contributed by atoms with Crippen LogP contribution in [0.3, 0.4) is 0 Å². The van der Waals surface area contributed by atoms with Gasteiger partial charge in [0.2, 0.25) is 0 Å². The van der Waals surface area contributed by atoms with E-state index in [2.05, 4.69) is 4.72 Å². The first kappa shape index (κ1) is 12.4. The molecule has 1 aliphatic rings. The average molecular weight is 231 g/mol. The van der Waals surface area contributed by atoms with Crippen LogP contribution in [0.5, 0.6) is 0 Å². The number of nitrogens with zero attached hydrogens (tertiary/aromatic N) is 2. The summed E-state index contributed by atoms with van der Waals surface area (Å²) in [7, 11) is -3.36. The molecule has 1 unspecified atom stereocenters. The first-order valence-corrected chi connectivity index (χ1v) is 6.64. The number of piperidine rings is 1. The van der Waals surface area contributed by atoms with Crippen molar-refractivity contribution < 1.29 is 8.42 Å². The third-order valence-electron chi connectivity index (χ3n) is 2.45. The Kier molecular flexibility index (Phi) is 4.51. The Labute approximate surface area is 91.3 Å². The minimum Gasteiger partial charge on any atom is -0.201 e. The molecule has 1 fully saturated rings. The highest BCUT2D eigenvalue weighted by molar-refractivity contribution is 7.87. The van der Waals surface area contributed by atoms with Crippen molar-refractivity contribution in [1.82, 2.24) is 9.03 Å². The van der Waals surface area contributed by atoms with Crippen LogP contribution in [0.4, 0.5) is 0 Å². The summed E-state index contributed by atoms with van der Waals surface area (Å²) >= 11 is 0. The average Bonchev–Trinajstić information content (AvgIpc) is 2.27. The highest BCUT2D eigenvalue weighted by Gasteiger charge is 2.23. The molecule has 0 aromatic heterocycles. The molecule has 0 aliphatic carbocycles. The van der Waals surface area contributed by atoms with Gasteiger partial charge in [-0.2, -0.15) is 18.0 Å². The normalized spacial score (nSPS) is 20.8. The predicted octanol–water partition coefficient (Wildman–Crippen LogP) is 0.466. The summed E-state index contributed by atoms with van der Waals surface area (Å²) in [5, 5.41) is 8.54. The zero-order valence-electron chi connectivity index (χ0n) is 8.94. The van der Waals surface area contributed by atoms with E-state index in [1.807, 2.05) is 6.07 Å². The largest absolute Gasteiger partial charge is 0.279 e. The SMILES string of the molecule is CC(C#N)CNS(=O)(=O)N1CCCCC1. The molecule has 0 radical (unpaired) electrons. The second-order valence-electron chi connectivity index (χ2n) is 3.84. The second-order valence-corrected chi connectivity index (χ2v) is 5.60. The lowest BCUT2D eigenvalue weighted by Crippen LogP contribution is -2.44. The standard InChI is InChI=1S/C9H17N3O2S/c1-9(7-10)8-11-15(13,14)12-5-3-2-4-6-12/h9,11H,2-6,8H2,1H3. The minimum atomic E-state index is -3.36. The molecular weight excluding hydrogens is 214 g/mol. The van der Waals surface area contributed by atoms with Gasteiger partial charge in [0.1, 0.15) is 0 Å². The lowest BCUT2D eigenvalue weighted by atomic mass is 10.2. The number of hydrogen-bond donors (Lipinski definition) is 1. The van der Waals surface area contributed by atoms with Crippen LogP contribution in [0, 0.1) is 17.2 Å². The fourth-order valence-electron chi connectivity index (χ4n) is 1.47. The maximum absolute atomic E-state index is 11.7. The summed E-state index contributed by atoms with van der Waals surface area (Å²) in [5.74, 6) is -0.287. The van der Waals surface area contributed by atoms with Gasteiger partial charge < -0.3 is 0 Å². The maximum atomic E-state index is 11.7. The summed E-state index contributed by atoms with van der Waals surface area (Å²) in [6.45, 7) is 3.07. The summed E-state index contributed by atoms with van der Waals surface area (Å²) < 4.78 is 27.3. The van der Waals surface area contributed by atoms with E-state index in [1.165, 1.54) is 4.31 Å². The lowest BCUT2D eigenvalue weighted by Gasteiger charge is -2.26. The van der Waals surface area contributed by atoms with Crippen LogP contribution in [0.2, 0.25) is 0 Å². The zero-order chi connectivity index (χ0) is 11.3. The molecule has 1 aliphatic heterocycles. The van der Waals surface area contributed by atoms with Crippen molar-refractivity contribution in [2.24, 2.45) is 5.92 Å². The number of hydrogen-bond acceptors (Lipinski definition) is 3. The minimum absolute atomic E-state index is 0.190. The first-order valence-electron chi connectivity index (χ1n) is 5.20. The molecule has 0 aromatic rings. The molecular formula is C9H17N3O2S. The fourth-order valence-corrected chi connectivity index (χ4v) is 2.85. The maximum Gasteiger partial charge on any atom is 0.279 e. The van der Waals surface area contributed by atoms with E-state index in [0.717, 1.165) is 19.3 Å². The van der Waals surface area contributed by atoms with Crippen molar-refractivity contribution in [3.05, 3.63) is 0 Å². The molecule has 0 amide bonds. The molecule has 0 spiro atoms. The molecule has 15 heavy (non-hydrogen) atoms. The van der Waals surface area contributed by atoms with Crippen molar-refractivity contribution in [2.45, 2.75) is 26.2 Å². The van der Waals surface area contributed by atoms with Crippen LogP contribution in [0.15, 0.2) is 0 Å². The topological polar surface area (TPSA) is 73.2 Å². The Morgan fingerprint density at radius 2 is 2.00 bits per heavy atom. The van der Waals surface area contributed by atoms with Crippen LogP contribution in [0.25, 0.3) is 0 Å². The van der Waals surface area contributed by atoms with Crippen LogP contribution in [-0.2, 0) is 10.2 Å². The molecule has 6 heteroatoms. The summed E-state index contributed by atoms with van der Waals surface area (Å²) in [4.78, 5) is 0. The molecule has 1 heterocycles. The van der Waals surface area contributed by atoms with Gasteiger partial charge >= 0.3 is 0 Å². The van der Waals surface area contributed by atoms with Gasteiger partial charge in [0.15, 0.2) is 0 Å². The van der Waals surface area contributed by atoms with Crippen molar-refractivity contribution in [3.8, 4) is 6.07 Å². The van der Waals surface area contributed by atoms with E-state index >= 15 is 0 Å². The third-order valence-corrected chi connectivity index (χ3v) is 4.02. The highest BCUT2D eigenvalue weighted by atomic mass is 32.2. The molecule has 1 saturated heterocycles. The molecule has 0 aromatic carbocycles. The van der Waals surface area contributed by atoms with Gasteiger partial charge in [-0.25, -0.2) is 4.72 Å². The number of nitriles is 1. The van der Waals surface area contributed by atoms with Gasteiger partial charge in [-0.05, 0) is 19.8 Å². The highest BCUT2D eigenvalue weighted by Crippen LogP contribution is 2.11. The Morgan fingerprint density at radius 1 is 1.40 bits per heavy atom. The number of nitrogens with one attached hydrogen (secondary N) is 1. The van der Waals surface area contributed by atoms with Gasteiger partial charge in [0.05, 0.1) is 12.0 Å². The quantitative estimate of drug-likeness (QED) is 0.764. The van der Waals surface area contributed by atoms with E-state index in [1.54, 1.807) is 6.92 Å². The predicted molar refractivity (Wildman–Crippen MR) is 57.1 cm³/mol. The van der Waals surface area contributed by atoms with Gasteiger partial charge in [-0.1, -0.05) is 6.42 Å². The second kappa shape index (κ2) is 5.45. The molecule has 1 rings (SSSR count). The summed E-state index contributed by atoms with van der Waals surface area (Å²) in [6, 6.07) is 1.99. The Bertz CT molecular complexity index is 328. The van der Waals surface area contributed by atoms with Gasteiger partial charge in [-0.3, -0.25) is 0 Å². The van der Waals surface area contributed by atoms with Crippen molar-refractivity contribution in [3.63, 3.8) is 0 Å². The Hall–Kier alpha value is -0.640. The van der Waals surface area contributed by atoms with Crippen LogP contribution in [-0.4, -0.2) is 32.4 Å². The van der Waals surface area contributed by atoms with E-state index in [9.17, 15) is 8.42 Å². The van der Waals surface area contributed by atoms with Crippen molar-refractivity contribution >= 4 is 10.2 Å². The lowest BCUT2D eigenvalue weighted by molar-refractivity contribution is 0.341. The first-order chi connectivity index (χ1) is 7.06. The zero-order valence-corrected chi connectivity index (χ0v) is 9.76. The third kappa shape index (κ3) is 3.78. The Balaban J connectivity index is 2.47. The number of rotatable bonds is 4. The van der Waals surface area contributed by atoms with E-state index in [4.69, 9.17) is 5.26 Å². The smallest absolute Gasteiger partial charge is 0.201 e. The van der Waals surface area contributed by atoms with Gasteiger partial charge in [0, 0.05) is 19.6 Å². The van der Waals surface area contributed by atoms with E-state index in [0.29, 0.717) is 13.1 Å². The monoisotopic (exact) mass is 231 g/mol. The molecule has 1 atom stereocenters. The van der Waals surface area contributed by atoms with Crippen LogP contribution in [0.1, 0.15) is 26.2 Å². The van der Waals surface area contributed by atoms with Crippen molar-refractivity contribution in [1.29, 1.82) is 5.26 Å². The summed E-state index contributed by atoms with van der Waals surface area (Å²) in [6.07, 6.45) is 2.95. The molecule has 86 valence electrons. The summed E-state index contributed by atoms with van der Waals surface area (Å²) in [5.41, 5.74) is 0. The van der Waals surface area contributed by atoms with Crippen LogP contribution < -0.4 is 4.72 Å². The molecule has 5 nitrogen and oxygen atoms in total.